The van der Waals surface area contributed by atoms with Crippen LogP contribution in [-0.4, -0.2) is 48.0 Å². The molecule has 164 valence electrons. The number of nitrogens with one attached hydrogen (secondary N) is 1. The highest BCUT2D eigenvalue weighted by Gasteiger charge is 2.30. The summed E-state index contributed by atoms with van der Waals surface area (Å²) in [5, 5.41) is 2.87. The summed E-state index contributed by atoms with van der Waals surface area (Å²) < 4.78 is 41.7. The number of hydrogen-bond donors (Lipinski definition) is 1. The number of hydrogen-bond acceptors (Lipinski definition) is 6. The smallest absolute Gasteiger partial charge is 0.244 e. The van der Waals surface area contributed by atoms with Crippen LogP contribution in [0.1, 0.15) is 25.5 Å². The Hall–Kier alpha value is -2.94. The van der Waals surface area contributed by atoms with Gasteiger partial charge < -0.3 is 19.5 Å². The van der Waals surface area contributed by atoms with E-state index in [1.54, 1.807) is 31.4 Å². The number of ether oxygens (including phenoxy) is 3. The van der Waals surface area contributed by atoms with Gasteiger partial charge in [-0.25, -0.2) is 8.42 Å². The zero-order valence-corrected chi connectivity index (χ0v) is 18.8. The van der Waals surface area contributed by atoms with Crippen molar-refractivity contribution in [3.8, 4) is 17.2 Å². The normalized spacial score (nSPS) is 13.1. The van der Waals surface area contributed by atoms with Crippen LogP contribution in [0.2, 0.25) is 0 Å². The first-order valence-electron chi connectivity index (χ1n) is 9.28. The van der Waals surface area contributed by atoms with E-state index >= 15 is 0 Å². The summed E-state index contributed by atoms with van der Waals surface area (Å²) in [4.78, 5) is 12.9. The van der Waals surface area contributed by atoms with E-state index in [0.717, 1.165) is 16.1 Å². The fourth-order valence-corrected chi connectivity index (χ4v) is 4.25. The van der Waals surface area contributed by atoms with E-state index in [-0.39, 0.29) is 6.04 Å². The van der Waals surface area contributed by atoms with Crippen molar-refractivity contribution >= 4 is 21.6 Å². The third kappa shape index (κ3) is 5.35. The summed E-state index contributed by atoms with van der Waals surface area (Å²) in [7, 11) is 0.769. The number of methoxy groups -OCH3 is 3. The lowest BCUT2D eigenvalue weighted by molar-refractivity contribution is -0.122. The van der Waals surface area contributed by atoms with Crippen molar-refractivity contribution in [2.24, 2.45) is 0 Å². The van der Waals surface area contributed by atoms with E-state index in [0.29, 0.717) is 22.9 Å². The predicted octanol–water partition coefficient (Wildman–Crippen LogP) is 2.74. The number of anilines is 1. The molecular formula is C21H28N2O6S. The van der Waals surface area contributed by atoms with Crippen LogP contribution in [-0.2, 0) is 14.8 Å². The summed E-state index contributed by atoms with van der Waals surface area (Å²) in [6.07, 6.45) is 1.06. The van der Waals surface area contributed by atoms with Crippen LogP contribution in [0.25, 0.3) is 0 Å². The molecule has 0 saturated heterocycles. The van der Waals surface area contributed by atoms with Gasteiger partial charge in [0.25, 0.3) is 0 Å². The topological polar surface area (TPSA) is 94.2 Å². The summed E-state index contributed by atoms with van der Waals surface area (Å²) in [6, 6.07) is 10.7. The number of carbonyl (C=O) groups excluding carboxylic acids is 1. The molecule has 1 amide bonds. The largest absolute Gasteiger partial charge is 0.497 e. The van der Waals surface area contributed by atoms with Crippen LogP contribution in [0.15, 0.2) is 42.5 Å². The molecule has 0 saturated carbocycles. The lowest BCUT2D eigenvalue weighted by Crippen LogP contribution is -2.48. The molecule has 30 heavy (non-hydrogen) atoms. The van der Waals surface area contributed by atoms with Gasteiger partial charge in [-0.15, -0.1) is 0 Å². The average Bonchev–Trinajstić information content (AvgIpc) is 2.72. The first-order valence-corrected chi connectivity index (χ1v) is 11.1. The molecule has 0 aliphatic heterocycles. The van der Waals surface area contributed by atoms with Crippen molar-refractivity contribution in [2.45, 2.75) is 25.9 Å². The van der Waals surface area contributed by atoms with Crippen molar-refractivity contribution in [1.29, 1.82) is 0 Å². The summed E-state index contributed by atoms with van der Waals surface area (Å²) >= 11 is 0. The van der Waals surface area contributed by atoms with Crippen molar-refractivity contribution in [2.75, 3.05) is 31.9 Å². The summed E-state index contributed by atoms with van der Waals surface area (Å²) in [5.41, 5.74) is 1.17. The van der Waals surface area contributed by atoms with Gasteiger partial charge in [-0.2, -0.15) is 0 Å². The van der Waals surface area contributed by atoms with Crippen LogP contribution < -0.4 is 23.8 Å². The second-order valence-corrected chi connectivity index (χ2v) is 8.64. The predicted molar refractivity (Wildman–Crippen MR) is 116 cm³/mol. The number of amides is 1. The van der Waals surface area contributed by atoms with Crippen molar-refractivity contribution < 1.29 is 27.4 Å². The molecule has 8 nitrogen and oxygen atoms in total. The molecule has 0 aromatic heterocycles. The standard InChI is InChI=1S/C21H28N2O6S/c1-14(16-7-10-18(27-3)11-8-16)22-21(24)15(2)23(30(6,25)26)17-9-12-19(28-4)20(13-17)29-5/h7-15H,1-6H3,(H,22,24)/t14-,15-/m1/s1. The number of sulfonamides is 1. The van der Waals surface area contributed by atoms with Crippen LogP contribution in [0.3, 0.4) is 0 Å². The first kappa shape index (κ1) is 23.3. The zero-order chi connectivity index (χ0) is 22.5. The van der Waals surface area contributed by atoms with Crippen molar-refractivity contribution in [3.05, 3.63) is 48.0 Å². The summed E-state index contributed by atoms with van der Waals surface area (Å²) in [5.74, 6) is 1.10. The van der Waals surface area contributed by atoms with Gasteiger partial charge in [0.05, 0.1) is 39.3 Å². The molecular weight excluding hydrogens is 408 g/mol. The average molecular weight is 437 g/mol. The maximum atomic E-state index is 12.9. The molecule has 1 N–H and O–H groups in total. The van der Waals surface area contributed by atoms with Gasteiger partial charge in [0.2, 0.25) is 15.9 Å². The fraction of sp³-hybridized carbons (Fsp3) is 0.381. The highest BCUT2D eigenvalue weighted by atomic mass is 32.2. The van der Waals surface area contributed by atoms with Crippen LogP contribution in [0, 0.1) is 0 Å². The van der Waals surface area contributed by atoms with E-state index < -0.39 is 22.0 Å². The number of rotatable bonds is 9. The molecule has 0 heterocycles. The van der Waals surface area contributed by atoms with Gasteiger partial charge in [-0.1, -0.05) is 12.1 Å². The molecule has 9 heteroatoms. The molecule has 0 aliphatic rings. The monoisotopic (exact) mass is 436 g/mol. The Bertz CT molecular complexity index is 975. The quantitative estimate of drug-likeness (QED) is 0.650. The van der Waals surface area contributed by atoms with Crippen LogP contribution in [0.4, 0.5) is 5.69 Å². The second-order valence-electron chi connectivity index (χ2n) is 6.78. The Labute approximate surface area is 177 Å². The Kier molecular flexibility index (Phi) is 7.55. The maximum absolute atomic E-state index is 12.9. The molecule has 2 atom stereocenters. The summed E-state index contributed by atoms with van der Waals surface area (Å²) in [6.45, 7) is 3.36. The van der Waals surface area contributed by atoms with E-state index in [4.69, 9.17) is 14.2 Å². The molecule has 0 radical (unpaired) electrons. The molecule has 2 aromatic rings. The Morgan fingerprint density at radius 3 is 2.03 bits per heavy atom. The lowest BCUT2D eigenvalue weighted by atomic mass is 10.1. The minimum atomic E-state index is -3.76. The third-order valence-corrected chi connectivity index (χ3v) is 5.93. The molecule has 2 aromatic carbocycles. The fourth-order valence-electron chi connectivity index (χ4n) is 3.08. The molecule has 0 bridgehead atoms. The van der Waals surface area contributed by atoms with Gasteiger partial charge in [0.15, 0.2) is 11.5 Å². The first-order chi connectivity index (χ1) is 14.1. The second kappa shape index (κ2) is 9.71. The van der Waals surface area contributed by atoms with Gasteiger partial charge in [0.1, 0.15) is 11.8 Å². The van der Waals surface area contributed by atoms with E-state index in [9.17, 15) is 13.2 Å². The minimum absolute atomic E-state index is 0.301. The van der Waals surface area contributed by atoms with Gasteiger partial charge >= 0.3 is 0 Å². The van der Waals surface area contributed by atoms with Gasteiger partial charge in [-0.3, -0.25) is 9.10 Å². The Balaban J connectivity index is 2.28. The molecule has 0 spiro atoms. The van der Waals surface area contributed by atoms with Gasteiger partial charge in [0, 0.05) is 6.07 Å². The van der Waals surface area contributed by atoms with E-state index in [2.05, 4.69) is 5.32 Å². The Morgan fingerprint density at radius 2 is 1.53 bits per heavy atom. The number of carbonyl (C=O) groups is 1. The van der Waals surface area contributed by atoms with Gasteiger partial charge in [-0.05, 0) is 43.7 Å². The number of benzene rings is 2. The zero-order valence-electron chi connectivity index (χ0n) is 18.0. The highest BCUT2D eigenvalue weighted by molar-refractivity contribution is 7.92. The van der Waals surface area contributed by atoms with Crippen molar-refractivity contribution in [1.82, 2.24) is 5.32 Å². The van der Waals surface area contributed by atoms with Crippen molar-refractivity contribution in [3.63, 3.8) is 0 Å². The van der Waals surface area contributed by atoms with Crippen LogP contribution >= 0.6 is 0 Å². The molecule has 0 aliphatic carbocycles. The number of nitrogens with zero attached hydrogens (tertiary/aromatic N) is 1. The third-order valence-electron chi connectivity index (χ3n) is 4.68. The SMILES string of the molecule is COc1ccc([C@@H](C)NC(=O)[C@@H](C)N(c2ccc(OC)c(OC)c2)S(C)(=O)=O)cc1. The Morgan fingerprint density at radius 1 is 0.933 bits per heavy atom. The van der Waals surface area contributed by atoms with Crippen LogP contribution in [0.5, 0.6) is 17.2 Å². The maximum Gasteiger partial charge on any atom is 0.244 e. The highest BCUT2D eigenvalue weighted by Crippen LogP contribution is 2.33. The molecule has 0 unspecified atom stereocenters. The van der Waals surface area contributed by atoms with E-state index in [1.165, 1.54) is 27.2 Å². The minimum Gasteiger partial charge on any atom is -0.497 e. The molecule has 0 fully saturated rings. The van der Waals surface area contributed by atoms with E-state index in [1.807, 2.05) is 19.1 Å². The molecule has 2 rings (SSSR count). The lowest BCUT2D eigenvalue weighted by Gasteiger charge is -2.29.